The zero-order chi connectivity index (χ0) is 11.4. The maximum Gasteiger partial charge on any atom is 0.138 e. The van der Waals surface area contributed by atoms with Gasteiger partial charge >= 0.3 is 0 Å². The summed E-state index contributed by atoms with van der Waals surface area (Å²) in [4.78, 5) is 0. The van der Waals surface area contributed by atoms with Gasteiger partial charge in [-0.25, -0.2) is 13.2 Å². The van der Waals surface area contributed by atoms with E-state index in [1.807, 2.05) is 0 Å². The van der Waals surface area contributed by atoms with Crippen molar-refractivity contribution in [2.24, 2.45) is 5.16 Å². The smallest absolute Gasteiger partial charge is 0.138 e. The molecule has 0 unspecified atom stereocenters. The lowest BCUT2D eigenvalue weighted by Gasteiger charge is -2.06. The Labute approximate surface area is 83.8 Å². The third-order valence-electron chi connectivity index (χ3n) is 1.70. The van der Waals surface area contributed by atoms with Gasteiger partial charge in [0.05, 0.1) is 12.2 Å². The van der Waals surface area contributed by atoms with Gasteiger partial charge in [-0.15, -0.1) is 0 Å². The molecule has 1 rings (SSSR count). The molecular formula is C9H8F3NO2. The average Bonchev–Trinajstić information content (AvgIpc) is 2.14. The van der Waals surface area contributed by atoms with Crippen LogP contribution in [-0.2, 0) is 4.74 Å². The van der Waals surface area contributed by atoms with Crippen molar-refractivity contribution in [1.82, 2.24) is 0 Å². The molecule has 0 saturated carbocycles. The summed E-state index contributed by atoms with van der Waals surface area (Å²) in [6.45, 7) is -0.282. The molecule has 0 bridgehead atoms. The molecule has 1 N–H and O–H groups in total. The van der Waals surface area contributed by atoms with Gasteiger partial charge in [-0.3, -0.25) is 0 Å². The van der Waals surface area contributed by atoms with E-state index in [1.165, 1.54) is 7.11 Å². The van der Waals surface area contributed by atoms with E-state index in [1.54, 1.807) is 0 Å². The molecule has 0 aliphatic heterocycles. The van der Waals surface area contributed by atoms with E-state index in [0.29, 0.717) is 12.1 Å². The number of benzene rings is 1. The third kappa shape index (κ3) is 2.47. The summed E-state index contributed by atoms with van der Waals surface area (Å²) >= 11 is 0. The highest BCUT2D eigenvalue weighted by Crippen LogP contribution is 2.15. The molecule has 0 fully saturated rings. The van der Waals surface area contributed by atoms with Crippen LogP contribution in [0.5, 0.6) is 0 Å². The van der Waals surface area contributed by atoms with Gasteiger partial charge in [-0.2, -0.15) is 0 Å². The van der Waals surface area contributed by atoms with Crippen LogP contribution in [0.4, 0.5) is 13.2 Å². The number of hydrogen-bond acceptors (Lipinski definition) is 3. The SMILES string of the molecule is COC/C(=N\O)c1c(F)cc(F)cc1F. The van der Waals surface area contributed by atoms with Crippen LogP contribution in [0, 0.1) is 17.5 Å². The van der Waals surface area contributed by atoms with Crippen molar-refractivity contribution in [1.29, 1.82) is 0 Å². The summed E-state index contributed by atoms with van der Waals surface area (Å²) in [7, 11) is 1.27. The fraction of sp³-hybridized carbons (Fsp3) is 0.222. The first kappa shape index (κ1) is 11.5. The van der Waals surface area contributed by atoms with Crippen molar-refractivity contribution in [3.63, 3.8) is 0 Å². The monoisotopic (exact) mass is 219 g/mol. The van der Waals surface area contributed by atoms with Crippen LogP contribution >= 0.6 is 0 Å². The predicted molar refractivity (Wildman–Crippen MR) is 46.5 cm³/mol. The predicted octanol–water partition coefficient (Wildman–Crippen LogP) is 1.93. The number of rotatable bonds is 3. The van der Waals surface area contributed by atoms with Gasteiger partial charge in [-0.1, -0.05) is 5.16 Å². The van der Waals surface area contributed by atoms with Gasteiger partial charge < -0.3 is 9.94 Å². The molecule has 1 aromatic carbocycles. The second-order valence-corrected chi connectivity index (χ2v) is 2.72. The number of oxime groups is 1. The Bertz CT molecular complexity index is 370. The minimum Gasteiger partial charge on any atom is -0.411 e. The maximum atomic E-state index is 13.1. The van der Waals surface area contributed by atoms with Gasteiger partial charge in [0.1, 0.15) is 23.2 Å². The van der Waals surface area contributed by atoms with Crippen molar-refractivity contribution in [2.75, 3.05) is 13.7 Å². The molecule has 82 valence electrons. The Morgan fingerprint density at radius 3 is 2.27 bits per heavy atom. The molecule has 0 aliphatic carbocycles. The van der Waals surface area contributed by atoms with Crippen LogP contribution < -0.4 is 0 Å². The van der Waals surface area contributed by atoms with Crippen LogP contribution in [0.2, 0.25) is 0 Å². The molecule has 0 atom stereocenters. The molecule has 0 aliphatic rings. The molecule has 1 aromatic rings. The van der Waals surface area contributed by atoms with Crippen LogP contribution in [-0.4, -0.2) is 24.6 Å². The van der Waals surface area contributed by atoms with E-state index in [0.717, 1.165) is 0 Å². The highest BCUT2D eigenvalue weighted by atomic mass is 19.1. The van der Waals surface area contributed by atoms with Gasteiger partial charge in [0.2, 0.25) is 0 Å². The lowest BCUT2D eigenvalue weighted by molar-refractivity contribution is 0.237. The number of methoxy groups -OCH3 is 1. The van der Waals surface area contributed by atoms with Crippen molar-refractivity contribution < 1.29 is 23.1 Å². The highest BCUT2D eigenvalue weighted by Gasteiger charge is 2.17. The van der Waals surface area contributed by atoms with Crippen LogP contribution in [0.25, 0.3) is 0 Å². The standard InChI is InChI=1S/C9H8F3NO2/c1-15-4-8(13-14)9-6(11)2-5(10)3-7(9)12/h2-3,14H,4H2,1H3/b13-8+. The molecule has 0 amide bonds. The molecule has 0 heterocycles. The molecule has 6 heteroatoms. The lowest BCUT2D eigenvalue weighted by atomic mass is 10.1. The number of ether oxygens (including phenoxy) is 1. The average molecular weight is 219 g/mol. The first-order valence-electron chi connectivity index (χ1n) is 3.95. The zero-order valence-electron chi connectivity index (χ0n) is 7.80. The van der Waals surface area contributed by atoms with E-state index >= 15 is 0 Å². The van der Waals surface area contributed by atoms with Crippen molar-refractivity contribution in [3.8, 4) is 0 Å². The Morgan fingerprint density at radius 1 is 1.33 bits per heavy atom. The van der Waals surface area contributed by atoms with Crippen LogP contribution in [0.3, 0.4) is 0 Å². The van der Waals surface area contributed by atoms with E-state index < -0.39 is 23.0 Å². The highest BCUT2D eigenvalue weighted by molar-refractivity contribution is 6.01. The Kier molecular flexibility index (Phi) is 3.68. The summed E-state index contributed by atoms with van der Waals surface area (Å²) < 4.78 is 43.4. The van der Waals surface area contributed by atoms with Gasteiger partial charge in [0.25, 0.3) is 0 Å². The summed E-state index contributed by atoms with van der Waals surface area (Å²) in [6, 6.07) is 0.999. The Balaban J connectivity index is 3.24. The molecule has 0 radical (unpaired) electrons. The topological polar surface area (TPSA) is 41.8 Å². The largest absolute Gasteiger partial charge is 0.411 e. The van der Waals surface area contributed by atoms with Crippen LogP contribution in [0.1, 0.15) is 5.56 Å². The van der Waals surface area contributed by atoms with Gasteiger partial charge in [-0.05, 0) is 0 Å². The van der Waals surface area contributed by atoms with Gasteiger partial charge in [0.15, 0.2) is 0 Å². The lowest BCUT2D eigenvalue weighted by Crippen LogP contribution is -2.13. The number of halogens is 3. The Hall–Kier alpha value is -1.56. The minimum absolute atomic E-state index is 0.282. The molecule has 3 nitrogen and oxygen atoms in total. The van der Waals surface area contributed by atoms with Crippen LogP contribution in [0.15, 0.2) is 17.3 Å². The van der Waals surface area contributed by atoms with Crippen molar-refractivity contribution >= 4 is 5.71 Å². The second-order valence-electron chi connectivity index (χ2n) is 2.72. The van der Waals surface area contributed by atoms with E-state index in [4.69, 9.17) is 5.21 Å². The molecule has 15 heavy (non-hydrogen) atoms. The fourth-order valence-corrected chi connectivity index (χ4v) is 1.11. The number of nitrogens with zero attached hydrogens (tertiary/aromatic N) is 1. The van der Waals surface area contributed by atoms with Gasteiger partial charge in [0, 0.05) is 19.2 Å². The first-order chi connectivity index (χ1) is 7.10. The summed E-state index contributed by atoms with van der Waals surface area (Å²) in [5, 5.41) is 11.2. The Morgan fingerprint density at radius 2 is 1.87 bits per heavy atom. The third-order valence-corrected chi connectivity index (χ3v) is 1.70. The molecule has 0 spiro atoms. The molecule has 0 saturated heterocycles. The van der Waals surface area contributed by atoms with Crippen molar-refractivity contribution in [2.45, 2.75) is 0 Å². The van der Waals surface area contributed by atoms with E-state index in [-0.39, 0.29) is 12.3 Å². The fourth-order valence-electron chi connectivity index (χ4n) is 1.11. The van der Waals surface area contributed by atoms with Crippen molar-refractivity contribution in [3.05, 3.63) is 35.1 Å². The van der Waals surface area contributed by atoms with E-state index in [2.05, 4.69) is 9.89 Å². The quantitative estimate of drug-likeness (QED) is 0.479. The maximum absolute atomic E-state index is 13.1. The number of hydrogen-bond donors (Lipinski definition) is 1. The molecular weight excluding hydrogens is 211 g/mol. The first-order valence-corrected chi connectivity index (χ1v) is 3.95. The second kappa shape index (κ2) is 4.79. The zero-order valence-corrected chi connectivity index (χ0v) is 7.80. The summed E-state index contributed by atoms with van der Waals surface area (Å²) in [5.41, 5.74) is -0.937. The summed E-state index contributed by atoms with van der Waals surface area (Å²) in [5.74, 6) is -3.32. The normalized spacial score (nSPS) is 11.9. The minimum atomic E-state index is -1.14. The molecule has 0 aromatic heterocycles. The summed E-state index contributed by atoms with van der Waals surface area (Å²) in [6.07, 6.45) is 0. The van der Waals surface area contributed by atoms with E-state index in [9.17, 15) is 13.2 Å².